The maximum Gasteiger partial charge on any atom is 0.0468 e. The second-order valence-electron chi connectivity index (χ2n) is 6.15. The van der Waals surface area contributed by atoms with Crippen LogP contribution in [0.25, 0.3) is 0 Å². The van der Waals surface area contributed by atoms with E-state index in [0.29, 0.717) is 12.5 Å². The fourth-order valence-electron chi connectivity index (χ4n) is 3.51. The van der Waals surface area contributed by atoms with E-state index in [1.807, 2.05) is 0 Å². The van der Waals surface area contributed by atoms with Gasteiger partial charge in [-0.25, -0.2) is 0 Å². The molecule has 0 bridgehead atoms. The molecule has 1 saturated heterocycles. The highest BCUT2D eigenvalue weighted by Gasteiger charge is 2.35. The zero-order valence-electron chi connectivity index (χ0n) is 10.7. The van der Waals surface area contributed by atoms with Crippen LogP contribution < -0.4 is 0 Å². The summed E-state index contributed by atoms with van der Waals surface area (Å²) >= 11 is 0. The highest BCUT2D eigenvalue weighted by molar-refractivity contribution is 4.88. The van der Waals surface area contributed by atoms with E-state index in [1.165, 1.54) is 58.0 Å². The predicted molar refractivity (Wildman–Crippen MR) is 67.4 cm³/mol. The van der Waals surface area contributed by atoms with Crippen LogP contribution in [-0.4, -0.2) is 36.2 Å². The Bertz CT molecular complexity index is 201. The van der Waals surface area contributed by atoms with E-state index in [1.54, 1.807) is 0 Å². The van der Waals surface area contributed by atoms with Crippen molar-refractivity contribution in [1.82, 2.24) is 4.90 Å². The molecule has 1 atom stereocenters. The first kappa shape index (κ1) is 12.4. The number of aliphatic hydroxyl groups is 1. The average molecular weight is 225 g/mol. The third-order valence-electron chi connectivity index (χ3n) is 4.71. The van der Waals surface area contributed by atoms with Gasteiger partial charge in [-0.15, -0.1) is 0 Å². The quantitative estimate of drug-likeness (QED) is 0.798. The Kier molecular flexibility index (Phi) is 4.26. The van der Waals surface area contributed by atoms with Crippen LogP contribution in [0.3, 0.4) is 0 Å². The van der Waals surface area contributed by atoms with Crippen molar-refractivity contribution in [2.75, 3.05) is 26.2 Å². The highest BCUT2D eigenvalue weighted by Crippen LogP contribution is 2.44. The minimum absolute atomic E-state index is 0.335. The minimum Gasteiger partial charge on any atom is -0.396 e. The van der Waals surface area contributed by atoms with Crippen LogP contribution in [0, 0.1) is 11.3 Å². The van der Waals surface area contributed by atoms with Gasteiger partial charge in [-0.3, -0.25) is 0 Å². The van der Waals surface area contributed by atoms with Gasteiger partial charge < -0.3 is 10.0 Å². The normalized spacial score (nSPS) is 28.1. The fraction of sp³-hybridized carbons (Fsp3) is 1.00. The Hall–Kier alpha value is -0.0800. The summed E-state index contributed by atoms with van der Waals surface area (Å²) in [5.74, 6) is 0.445. The molecule has 2 nitrogen and oxygen atoms in total. The van der Waals surface area contributed by atoms with Crippen LogP contribution in [0.4, 0.5) is 0 Å². The topological polar surface area (TPSA) is 23.5 Å². The molecule has 1 aliphatic carbocycles. The van der Waals surface area contributed by atoms with E-state index in [-0.39, 0.29) is 0 Å². The molecule has 2 heteroatoms. The van der Waals surface area contributed by atoms with Gasteiger partial charge in [0.25, 0.3) is 0 Å². The molecule has 16 heavy (non-hydrogen) atoms. The second kappa shape index (κ2) is 5.50. The summed E-state index contributed by atoms with van der Waals surface area (Å²) in [6, 6.07) is 0. The minimum atomic E-state index is 0.335. The molecule has 2 rings (SSSR count). The van der Waals surface area contributed by atoms with Crippen molar-refractivity contribution < 1.29 is 5.11 Å². The molecule has 94 valence electrons. The van der Waals surface area contributed by atoms with Crippen molar-refractivity contribution in [3.63, 3.8) is 0 Å². The Labute approximate surface area is 100 Å². The maximum absolute atomic E-state index is 9.08. The van der Waals surface area contributed by atoms with E-state index < -0.39 is 0 Å². The van der Waals surface area contributed by atoms with Crippen LogP contribution in [-0.2, 0) is 0 Å². The van der Waals surface area contributed by atoms with E-state index in [0.717, 1.165) is 12.0 Å². The van der Waals surface area contributed by atoms with Gasteiger partial charge in [-0.05, 0) is 50.1 Å². The molecule has 1 N–H and O–H groups in total. The maximum atomic E-state index is 9.08. The summed E-state index contributed by atoms with van der Waals surface area (Å²) in [7, 11) is 0. The molecule has 1 saturated carbocycles. The monoisotopic (exact) mass is 225 g/mol. The van der Waals surface area contributed by atoms with Crippen LogP contribution in [0.5, 0.6) is 0 Å². The molecule has 0 aromatic rings. The van der Waals surface area contributed by atoms with Crippen molar-refractivity contribution >= 4 is 0 Å². The molecule has 1 spiro atoms. The van der Waals surface area contributed by atoms with Gasteiger partial charge in [0.15, 0.2) is 0 Å². The standard InChI is InChI=1S/C14H27NO/c1-13(12-16)11-15-9-7-14(8-10-15)5-3-2-4-6-14/h13,16H,2-12H2,1H3. The first-order valence-corrected chi connectivity index (χ1v) is 7.07. The molecular weight excluding hydrogens is 198 g/mol. The van der Waals surface area contributed by atoms with Gasteiger partial charge in [0.05, 0.1) is 0 Å². The summed E-state index contributed by atoms with van der Waals surface area (Å²) in [6.07, 6.45) is 10.2. The first-order chi connectivity index (χ1) is 7.74. The van der Waals surface area contributed by atoms with Crippen molar-refractivity contribution in [2.45, 2.75) is 51.9 Å². The lowest BCUT2D eigenvalue weighted by atomic mass is 9.68. The summed E-state index contributed by atoms with van der Waals surface area (Å²) in [6.45, 7) is 6.11. The van der Waals surface area contributed by atoms with Crippen molar-refractivity contribution in [3.8, 4) is 0 Å². The number of nitrogens with zero attached hydrogens (tertiary/aromatic N) is 1. The molecule has 1 heterocycles. The number of hydrogen-bond donors (Lipinski definition) is 1. The molecule has 0 aromatic carbocycles. The van der Waals surface area contributed by atoms with Crippen molar-refractivity contribution in [2.24, 2.45) is 11.3 Å². The molecule has 0 amide bonds. The molecule has 1 unspecified atom stereocenters. The van der Waals surface area contributed by atoms with Gasteiger partial charge in [0.1, 0.15) is 0 Å². The largest absolute Gasteiger partial charge is 0.396 e. The van der Waals surface area contributed by atoms with E-state index in [9.17, 15) is 0 Å². The van der Waals surface area contributed by atoms with Gasteiger partial charge in [-0.2, -0.15) is 0 Å². The average Bonchev–Trinajstić information content (AvgIpc) is 2.33. The number of hydrogen-bond acceptors (Lipinski definition) is 2. The number of likely N-dealkylation sites (tertiary alicyclic amines) is 1. The Morgan fingerprint density at radius 2 is 1.69 bits per heavy atom. The summed E-state index contributed by atoms with van der Waals surface area (Å²) in [4.78, 5) is 2.56. The Morgan fingerprint density at radius 1 is 1.06 bits per heavy atom. The zero-order valence-corrected chi connectivity index (χ0v) is 10.7. The third-order valence-corrected chi connectivity index (χ3v) is 4.71. The number of rotatable bonds is 3. The highest BCUT2D eigenvalue weighted by atomic mass is 16.3. The Balaban J connectivity index is 1.77. The van der Waals surface area contributed by atoms with Crippen LogP contribution in [0.15, 0.2) is 0 Å². The smallest absolute Gasteiger partial charge is 0.0468 e. The third kappa shape index (κ3) is 2.98. The molecule has 0 aromatic heterocycles. The van der Waals surface area contributed by atoms with Gasteiger partial charge in [0, 0.05) is 13.2 Å². The molecule has 1 aliphatic heterocycles. The van der Waals surface area contributed by atoms with Gasteiger partial charge in [-0.1, -0.05) is 26.2 Å². The lowest BCUT2D eigenvalue weighted by molar-refractivity contribution is 0.0551. The first-order valence-electron chi connectivity index (χ1n) is 7.07. The predicted octanol–water partition coefficient (Wildman–Crippen LogP) is 2.66. The molecule has 0 radical (unpaired) electrons. The zero-order chi connectivity index (χ0) is 11.4. The molecule has 2 aliphatic rings. The summed E-state index contributed by atoms with van der Waals surface area (Å²) in [5.41, 5.74) is 0.719. The van der Waals surface area contributed by atoms with Crippen LogP contribution in [0.1, 0.15) is 51.9 Å². The number of aliphatic hydroxyl groups excluding tert-OH is 1. The fourth-order valence-corrected chi connectivity index (χ4v) is 3.51. The van der Waals surface area contributed by atoms with E-state index >= 15 is 0 Å². The van der Waals surface area contributed by atoms with Crippen molar-refractivity contribution in [1.29, 1.82) is 0 Å². The number of piperidine rings is 1. The lowest BCUT2D eigenvalue weighted by Gasteiger charge is -2.44. The second-order valence-corrected chi connectivity index (χ2v) is 6.15. The van der Waals surface area contributed by atoms with Crippen LogP contribution in [0.2, 0.25) is 0 Å². The molecular formula is C14H27NO. The van der Waals surface area contributed by atoms with Crippen molar-refractivity contribution in [3.05, 3.63) is 0 Å². The summed E-state index contributed by atoms with van der Waals surface area (Å²) in [5, 5.41) is 9.08. The Morgan fingerprint density at radius 3 is 2.25 bits per heavy atom. The SMILES string of the molecule is CC(CO)CN1CCC2(CCCCC2)CC1. The van der Waals surface area contributed by atoms with Gasteiger partial charge >= 0.3 is 0 Å². The molecule has 2 fully saturated rings. The summed E-state index contributed by atoms with van der Waals surface area (Å²) < 4.78 is 0. The lowest BCUT2D eigenvalue weighted by Crippen LogP contribution is -2.42. The van der Waals surface area contributed by atoms with Crippen LogP contribution >= 0.6 is 0 Å². The van der Waals surface area contributed by atoms with E-state index in [2.05, 4.69) is 11.8 Å². The van der Waals surface area contributed by atoms with Gasteiger partial charge in [0.2, 0.25) is 0 Å². The van der Waals surface area contributed by atoms with E-state index in [4.69, 9.17) is 5.11 Å².